The van der Waals surface area contributed by atoms with Gasteiger partial charge in [-0.3, -0.25) is 0 Å². The van der Waals surface area contributed by atoms with Crippen LogP contribution in [-0.4, -0.2) is 25.2 Å². The molecule has 1 rings (SSSR count). The van der Waals surface area contributed by atoms with E-state index in [1.165, 1.54) is 14.0 Å². The van der Waals surface area contributed by atoms with Crippen LogP contribution in [0.5, 0.6) is 0 Å². The van der Waals surface area contributed by atoms with Crippen LogP contribution in [-0.2, 0) is 25.5 Å². The van der Waals surface area contributed by atoms with Crippen LogP contribution in [0.4, 0.5) is 0 Å². The van der Waals surface area contributed by atoms with E-state index in [0.717, 1.165) is 5.56 Å². The Bertz CT molecular complexity index is 436. The molecule has 0 radical (unpaired) electrons. The molecule has 1 aromatic carbocycles. The normalized spacial score (nSPS) is 11.4. The molecule has 0 N–H and O–H groups in total. The minimum atomic E-state index is -0.943. The maximum Gasteiger partial charge on any atom is 0.347 e. The Hall–Kier alpha value is -2.10. The maximum absolute atomic E-state index is 11.5. The third-order valence-corrected chi connectivity index (χ3v) is 2.33. The minimum Gasteiger partial charge on any atom is -0.466 e. The van der Waals surface area contributed by atoms with E-state index < -0.39 is 18.0 Å². The molecule has 1 unspecified atom stereocenters. The number of hydrogen-bond donors (Lipinski definition) is 0. The molecule has 18 heavy (non-hydrogen) atoms. The smallest absolute Gasteiger partial charge is 0.347 e. The van der Waals surface area contributed by atoms with E-state index in [1.807, 2.05) is 30.3 Å². The van der Waals surface area contributed by atoms with Crippen molar-refractivity contribution in [3.05, 3.63) is 48.0 Å². The standard InChI is InChI=1S/C14H16O4/c1-10(2)13(15)18-12(14(16)17-3)9-11-7-5-4-6-8-11/h4-8,12H,1,9H2,2-3H3. The quantitative estimate of drug-likeness (QED) is 0.590. The SMILES string of the molecule is C=C(C)C(=O)OC(Cc1ccccc1)C(=O)OC. The maximum atomic E-state index is 11.5. The first-order valence-corrected chi connectivity index (χ1v) is 5.53. The number of rotatable bonds is 5. The van der Waals surface area contributed by atoms with Crippen molar-refractivity contribution in [2.24, 2.45) is 0 Å². The fraction of sp³-hybridized carbons (Fsp3) is 0.286. The fourth-order valence-corrected chi connectivity index (χ4v) is 1.36. The molecule has 1 aromatic rings. The topological polar surface area (TPSA) is 52.6 Å². The molecule has 0 spiro atoms. The fourth-order valence-electron chi connectivity index (χ4n) is 1.36. The van der Waals surface area contributed by atoms with Gasteiger partial charge < -0.3 is 9.47 Å². The van der Waals surface area contributed by atoms with Gasteiger partial charge in [0.2, 0.25) is 6.10 Å². The summed E-state index contributed by atoms with van der Waals surface area (Å²) in [5, 5.41) is 0. The molecule has 0 aliphatic heterocycles. The predicted octanol–water partition coefficient (Wildman–Crippen LogP) is 1.89. The van der Waals surface area contributed by atoms with Crippen molar-refractivity contribution in [3.8, 4) is 0 Å². The van der Waals surface area contributed by atoms with Gasteiger partial charge in [-0.05, 0) is 12.5 Å². The van der Waals surface area contributed by atoms with Crippen LogP contribution in [0, 0.1) is 0 Å². The van der Waals surface area contributed by atoms with Crippen LogP contribution in [0.25, 0.3) is 0 Å². The lowest BCUT2D eigenvalue weighted by Gasteiger charge is -2.15. The summed E-state index contributed by atoms with van der Waals surface area (Å²) in [5.74, 6) is -1.17. The number of methoxy groups -OCH3 is 1. The van der Waals surface area contributed by atoms with Crippen molar-refractivity contribution in [2.75, 3.05) is 7.11 Å². The highest BCUT2D eigenvalue weighted by atomic mass is 16.6. The van der Waals surface area contributed by atoms with Gasteiger partial charge in [-0.25, -0.2) is 9.59 Å². The molecule has 0 aliphatic rings. The molecular formula is C14H16O4. The molecule has 96 valence electrons. The van der Waals surface area contributed by atoms with Gasteiger partial charge in [-0.1, -0.05) is 36.9 Å². The summed E-state index contributed by atoms with van der Waals surface area (Å²) in [6, 6.07) is 9.28. The molecule has 4 heteroatoms. The van der Waals surface area contributed by atoms with Gasteiger partial charge >= 0.3 is 11.9 Å². The van der Waals surface area contributed by atoms with E-state index in [1.54, 1.807) is 0 Å². The minimum absolute atomic E-state index is 0.247. The van der Waals surface area contributed by atoms with Crippen LogP contribution < -0.4 is 0 Å². The van der Waals surface area contributed by atoms with E-state index in [2.05, 4.69) is 11.3 Å². The molecule has 0 fully saturated rings. The molecule has 1 atom stereocenters. The summed E-state index contributed by atoms with van der Waals surface area (Å²) in [7, 11) is 1.26. The lowest BCUT2D eigenvalue weighted by Crippen LogP contribution is -2.30. The first-order chi connectivity index (χ1) is 8.54. The van der Waals surface area contributed by atoms with Crippen LogP contribution in [0.15, 0.2) is 42.5 Å². The first-order valence-electron chi connectivity index (χ1n) is 5.53. The lowest BCUT2D eigenvalue weighted by atomic mass is 10.1. The molecule has 0 heterocycles. The Kier molecular flexibility index (Phi) is 5.11. The average molecular weight is 248 g/mol. The molecule has 0 bridgehead atoms. The van der Waals surface area contributed by atoms with E-state index in [0.29, 0.717) is 0 Å². The molecular weight excluding hydrogens is 232 g/mol. The third kappa shape index (κ3) is 4.05. The Labute approximate surface area is 106 Å². The summed E-state index contributed by atoms with van der Waals surface area (Å²) >= 11 is 0. The zero-order valence-corrected chi connectivity index (χ0v) is 10.5. The van der Waals surface area contributed by atoms with Crippen LogP contribution in [0.2, 0.25) is 0 Å². The largest absolute Gasteiger partial charge is 0.466 e. The van der Waals surface area contributed by atoms with Crippen molar-refractivity contribution >= 4 is 11.9 Å². The molecule has 0 saturated carbocycles. The second-order valence-corrected chi connectivity index (χ2v) is 3.89. The monoisotopic (exact) mass is 248 g/mol. The van der Waals surface area contributed by atoms with Gasteiger partial charge in [-0.15, -0.1) is 0 Å². The molecule has 0 aromatic heterocycles. The zero-order valence-electron chi connectivity index (χ0n) is 10.5. The van der Waals surface area contributed by atoms with Crippen molar-refractivity contribution in [2.45, 2.75) is 19.4 Å². The van der Waals surface area contributed by atoms with Crippen LogP contribution in [0.3, 0.4) is 0 Å². The van der Waals surface area contributed by atoms with E-state index in [9.17, 15) is 9.59 Å². The Morgan fingerprint density at radius 2 is 1.89 bits per heavy atom. The Morgan fingerprint density at radius 1 is 1.28 bits per heavy atom. The molecule has 0 amide bonds. The van der Waals surface area contributed by atoms with Crippen molar-refractivity contribution in [3.63, 3.8) is 0 Å². The van der Waals surface area contributed by atoms with Crippen LogP contribution >= 0.6 is 0 Å². The lowest BCUT2D eigenvalue weighted by molar-refractivity contribution is -0.163. The molecule has 4 nitrogen and oxygen atoms in total. The van der Waals surface area contributed by atoms with Crippen molar-refractivity contribution < 1.29 is 19.1 Å². The van der Waals surface area contributed by atoms with Gasteiger partial charge in [0.25, 0.3) is 0 Å². The summed E-state index contributed by atoms with van der Waals surface area (Å²) in [5.41, 5.74) is 1.14. The third-order valence-electron chi connectivity index (χ3n) is 2.33. The Balaban J connectivity index is 2.76. The van der Waals surface area contributed by atoms with Gasteiger partial charge in [0.05, 0.1) is 7.11 Å². The summed E-state index contributed by atoms with van der Waals surface area (Å²) in [6.07, 6.45) is -0.659. The number of carbonyl (C=O) groups is 2. The van der Waals surface area contributed by atoms with E-state index in [4.69, 9.17) is 4.74 Å². The number of benzene rings is 1. The summed E-state index contributed by atoms with van der Waals surface area (Å²) in [4.78, 5) is 23.0. The summed E-state index contributed by atoms with van der Waals surface area (Å²) < 4.78 is 9.67. The van der Waals surface area contributed by atoms with Crippen molar-refractivity contribution in [1.82, 2.24) is 0 Å². The second kappa shape index (κ2) is 6.59. The highest BCUT2D eigenvalue weighted by Gasteiger charge is 2.24. The predicted molar refractivity (Wildman–Crippen MR) is 66.9 cm³/mol. The molecule has 0 aliphatic carbocycles. The molecule has 0 saturated heterocycles. The Morgan fingerprint density at radius 3 is 2.39 bits per heavy atom. The van der Waals surface area contributed by atoms with Gasteiger partial charge in [-0.2, -0.15) is 0 Å². The van der Waals surface area contributed by atoms with Gasteiger partial charge in [0.1, 0.15) is 0 Å². The average Bonchev–Trinajstić information content (AvgIpc) is 2.38. The highest BCUT2D eigenvalue weighted by molar-refractivity contribution is 5.89. The van der Waals surface area contributed by atoms with E-state index >= 15 is 0 Å². The van der Waals surface area contributed by atoms with Crippen LogP contribution in [0.1, 0.15) is 12.5 Å². The van der Waals surface area contributed by atoms with Crippen molar-refractivity contribution in [1.29, 1.82) is 0 Å². The number of hydrogen-bond acceptors (Lipinski definition) is 4. The second-order valence-electron chi connectivity index (χ2n) is 3.89. The number of ether oxygens (including phenoxy) is 2. The van der Waals surface area contributed by atoms with E-state index in [-0.39, 0.29) is 12.0 Å². The number of esters is 2. The van der Waals surface area contributed by atoms with Gasteiger partial charge in [0, 0.05) is 12.0 Å². The summed E-state index contributed by atoms with van der Waals surface area (Å²) in [6.45, 7) is 5.00. The highest BCUT2D eigenvalue weighted by Crippen LogP contribution is 2.09. The zero-order chi connectivity index (χ0) is 13.5. The number of carbonyl (C=O) groups excluding carboxylic acids is 2. The van der Waals surface area contributed by atoms with Gasteiger partial charge in [0.15, 0.2) is 0 Å². The first kappa shape index (κ1) is 14.0.